The van der Waals surface area contributed by atoms with Gasteiger partial charge in [0.05, 0.1) is 10.6 Å². The van der Waals surface area contributed by atoms with Gasteiger partial charge in [-0.25, -0.2) is 0 Å². The van der Waals surface area contributed by atoms with E-state index in [2.05, 4.69) is 51.2 Å². The van der Waals surface area contributed by atoms with E-state index >= 15 is 0 Å². The van der Waals surface area contributed by atoms with Crippen molar-refractivity contribution in [2.45, 2.75) is 76.0 Å². The van der Waals surface area contributed by atoms with Gasteiger partial charge in [0.25, 0.3) is 5.91 Å². The van der Waals surface area contributed by atoms with Gasteiger partial charge in [-0.3, -0.25) is 4.79 Å². The molecular weight excluding hydrogens is 434 g/mol. The van der Waals surface area contributed by atoms with Gasteiger partial charge in [-0.15, -0.1) is 11.8 Å². The monoisotopic (exact) mass is 469 g/mol. The Bertz CT molecular complexity index is 1020. The Hall–Kier alpha value is -1.45. The number of fused-ring (bicyclic) bond motifs is 3. The van der Waals surface area contributed by atoms with Gasteiger partial charge in [0.2, 0.25) is 0 Å². The van der Waals surface area contributed by atoms with E-state index in [0.29, 0.717) is 29.0 Å². The number of carbonyl (C=O) groups is 1. The lowest BCUT2D eigenvalue weighted by molar-refractivity contribution is 0.0254. The van der Waals surface area contributed by atoms with Crippen LogP contribution in [0.4, 0.5) is 0 Å². The molecule has 2 aliphatic carbocycles. The van der Waals surface area contributed by atoms with E-state index in [1.54, 1.807) is 17.3 Å². The van der Waals surface area contributed by atoms with Crippen molar-refractivity contribution in [3.05, 3.63) is 63.7 Å². The number of amides is 1. The third-order valence-corrected chi connectivity index (χ3v) is 9.30. The van der Waals surface area contributed by atoms with E-state index in [-0.39, 0.29) is 16.7 Å². The van der Waals surface area contributed by atoms with Crippen LogP contribution >= 0.6 is 23.4 Å². The van der Waals surface area contributed by atoms with Gasteiger partial charge in [0.15, 0.2) is 0 Å². The second kappa shape index (κ2) is 9.06. The highest BCUT2D eigenvalue weighted by molar-refractivity contribution is 7.98. The topological polar surface area (TPSA) is 29.1 Å². The Kier molecular flexibility index (Phi) is 6.71. The predicted octanol–water partition coefficient (Wildman–Crippen LogP) is 7.63. The molecule has 0 aromatic heterocycles. The third-order valence-electron chi connectivity index (χ3n) is 8.24. The first-order valence-electron chi connectivity index (χ1n) is 11.9. The molecule has 3 atom stereocenters. The average Bonchev–Trinajstić information content (AvgIpc) is 2.77. The molecule has 4 rings (SSSR count). The van der Waals surface area contributed by atoms with E-state index in [0.717, 1.165) is 17.7 Å². The summed E-state index contributed by atoms with van der Waals surface area (Å²) < 4.78 is 0. The van der Waals surface area contributed by atoms with Crippen molar-refractivity contribution in [3.63, 3.8) is 0 Å². The van der Waals surface area contributed by atoms with Crippen LogP contribution in [0.25, 0.3) is 0 Å². The molecule has 2 aromatic carbocycles. The zero-order valence-corrected chi connectivity index (χ0v) is 21.6. The summed E-state index contributed by atoms with van der Waals surface area (Å²) in [5.74, 6) is 1.05. The number of halogens is 1. The normalized spacial score (nSPS) is 27.0. The maximum absolute atomic E-state index is 13.1. The third kappa shape index (κ3) is 4.23. The first-order chi connectivity index (χ1) is 15.2. The van der Waals surface area contributed by atoms with Crippen LogP contribution in [0.1, 0.15) is 86.3 Å². The number of benzene rings is 2. The fourth-order valence-corrected chi connectivity index (χ4v) is 7.01. The lowest BCUT2D eigenvalue weighted by atomic mass is 9.49. The lowest BCUT2D eigenvalue weighted by Crippen LogP contribution is -2.53. The summed E-state index contributed by atoms with van der Waals surface area (Å²) in [6.45, 7) is 10.1. The van der Waals surface area contributed by atoms with Gasteiger partial charge in [0, 0.05) is 11.4 Å². The predicted molar refractivity (Wildman–Crippen MR) is 137 cm³/mol. The van der Waals surface area contributed by atoms with Crippen LogP contribution in [0.2, 0.25) is 5.02 Å². The molecule has 3 unspecified atom stereocenters. The lowest BCUT2D eigenvalue weighted by Gasteiger charge is -2.55. The number of nitrogens with one attached hydrogen (secondary N) is 1. The second-order valence-electron chi connectivity index (χ2n) is 10.6. The minimum absolute atomic E-state index is 0.0577. The van der Waals surface area contributed by atoms with Crippen molar-refractivity contribution in [1.82, 2.24) is 5.32 Å². The fraction of sp³-hybridized carbons (Fsp3) is 0.536. The highest BCUT2D eigenvalue weighted by atomic mass is 35.5. The smallest absolute Gasteiger partial charge is 0.252 e. The largest absolute Gasteiger partial charge is 0.351 e. The molecule has 1 amide bonds. The van der Waals surface area contributed by atoms with Crippen LogP contribution in [-0.4, -0.2) is 18.7 Å². The first-order valence-corrected chi connectivity index (χ1v) is 13.5. The highest BCUT2D eigenvalue weighted by Gasteiger charge is 2.51. The molecule has 32 heavy (non-hydrogen) atoms. The summed E-state index contributed by atoms with van der Waals surface area (Å²) in [6.07, 6.45) is 7.94. The fourth-order valence-electron chi connectivity index (χ4n) is 6.36. The zero-order chi connectivity index (χ0) is 23.1. The summed E-state index contributed by atoms with van der Waals surface area (Å²) in [5, 5.41) is 3.79. The number of carbonyl (C=O) groups excluding carboxylic acids is 1. The quantitative estimate of drug-likeness (QED) is 0.456. The van der Waals surface area contributed by atoms with E-state index in [1.165, 1.54) is 30.4 Å². The van der Waals surface area contributed by atoms with Gasteiger partial charge < -0.3 is 5.32 Å². The Morgan fingerprint density at radius 2 is 1.97 bits per heavy atom. The summed E-state index contributed by atoms with van der Waals surface area (Å²) in [7, 11) is 0. The standard InChI is InChI=1S/C28H36ClNOS/c1-18(2)20-8-7-19-9-12-25-27(3,13-6-14-28(25,4)23(19)15-20)17-30-26(31)22-16-21(32-5)10-11-24(22)29/h7-8,10-11,15-16,18,25H,6,9,12-14,17H2,1-5H3,(H,30,31). The summed E-state index contributed by atoms with van der Waals surface area (Å²) in [6, 6.07) is 12.9. The van der Waals surface area contributed by atoms with Crippen LogP contribution in [0.15, 0.2) is 41.3 Å². The van der Waals surface area contributed by atoms with E-state index < -0.39 is 0 Å². The van der Waals surface area contributed by atoms with Crippen LogP contribution in [0.5, 0.6) is 0 Å². The second-order valence-corrected chi connectivity index (χ2v) is 11.9. The van der Waals surface area contributed by atoms with Crippen LogP contribution < -0.4 is 5.32 Å². The summed E-state index contributed by atoms with van der Waals surface area (Å²) >= 11 is 7.99. The van der Waals surface area contributed by atoms with Crippen molar-refractivity contribution in [2.24, 2.45) is 11.3 Å². The number of hydrogen-bond acceptors (Lipinski definition) is 2. The summed E-state index contributed by atoms with van der Waals surface area (Å²) in [4.78, 5) is 14.1. The minimum Gasteiger partial charge on any atom is -0.351 e. The first kappa shape index (κ1) is 23.7. The molecule has 0 aliphatic heterocycles. The van der Waals surface area contributed by atoms with Gasteiger partial charge in [0.1, 0.15) is 0 Å². The number of rotatable bonds is 5. The zero-order valence-electron chi connectivity index (χ0n) is 20.1. The Balaban J connectivity index is 1.58. The van der Waals surface area contributed by atoms with Crippen molar-refractivity contribution >= 4 is 29.3 Å². The molecule has 0 heterocycles. The molecule has 0 saturated heterocycles. The van der Waals surface area contributed by atoms with Gasteiger partial charge >= 0.3 is 0 Å². The van der Waals surface area contributed by atoms with Crippen LogP contribution in [0.3, 0.4) is 0 Å². The molecule has 2 nitrogen and oxygen atoms in total. The number of aryl methyl sites for hydroxylation is 1. The highest BCUT2D eigenvalue weighted by Crippen LogP contribution is 2.57. The van der Waals surface area contributed by atoms with Crippen molar-refractivity contribution in [1.29, 1.82) is 0 Å². The molecule has 4 heteroatoms. The molecule has 1 saturated carbocycles. The van der Waals surface area contributed by atoms with Crippen LogP contribution in [0, 0.1) is 11.3 Å². The van der Waals surface area contributed by atoms with Crippen molar-refractivity contribution in [2.75, 3.05) is 12.8 Å². The Morgan fingerprint density at radius 3 is 2.69 bits per heavy atom. The molecule has 1 fully saturated rings. The van der Waals surface area contributed by atoms with E-state index in [4.69, 9.17) is 11.6 Å². The average molecular weight is 470 g/mol. The van der Waals surface area contributed by atoms with Gasteiger partial charge in [-0.05, 0) is 89.5 Å². The molecule has 0 bridgehead atoms. The van der Waals surface area contributed by atoms with Gasteiger partial charge in [-0.2, -0.15) is 0 Å². The Morgan fingerprint density at radius 1 is 1.19 bits per heavy atom. The molecule has 0 radical (unpaired) electrons. The number of thioether (sulfide) groups is 1. The molecule has 172 valence electrons. The molecular formula is C28H36ClNOS. The van der Waals surface area contributed by atoms with Gasteiger partial charge in [-0.1, -0.05) is 63.9 Å². The maximum atomic E-state index is 13.1. The molecule has 2 aliphatic rings. The SMILES string of the molecule is CSc1ccc(Cl)c(C(=O)NCC2(C)CCCC3(C)c4cc(C(C)C)ccc4CCC23)c1. The van der Waals surface area contributed by atoms with Crippen LogP contribution in [-0.2, 0) is 11.8 Å². The summed E-state index contributed by atoms with van der Waals surface area (Å²) in [5.41, 5.74) is 5.37. The molecule has 0 spiro atoms. The van der Waals surface area contributed by atoms with E-state index in [9.17, 15) is 4.79 Å². The van der Waals surface area contributed by atoms with Crippen molar-refractivity contribution in [3.8, 4) is 0 Å². The molecule has 1 N–H and O–H groups in total. The van der Waals surface area contributed by atoms with E-state index in [1.807, 2.05) is 24.5 Å². The Labute approximate surface area is 202 Å². The minimum atomic E-state index is -0.0577. The maximum Gasteiger partial charge on any atom is 0.252 e. The van der Waals surface area contributed by atoms with Crippen molar-refractivity contribution < 1.29 is 4.79 Å². The number of hydrogen-bond donors (Lipinski definition) is 1. The molecule has 2 aromatic rings.